The Morgan fingerprint density at radius 1 is 1.03 bits per heavy atom. The molecule has 6 heteroatoms. The fourth-order valence-corrected chi connectivity index (χ4v) is 2.86. The Kier molecular flexibility index (Phi) is 9.89. The van der Waals surface area contributed by atoms with Gasteiger partial charge < -0.3 is 15.2 Å². The lowest BCUT2D eigenvalue weighted by molar-refractivity contribution is -0.154. The first-order valence-electron chi connectivity index (χ1n) is 9.78. The van der Waals surface area contributed by atoms with E-state index >= 15 is 0 Å². The number of hydrogen-bond acceptors (Lipinski definition) is 5. The molecule has 0 saturated heterocycles. The second-order valence-electron chi connectivity index (χ2n) is 6.65. The van der Waals surface area contributed by atoms with Crippen LogP contribution in [0.25, 0.3) is 0 Å². The van der Waals surface area contributed by atoms with Gasteiger partial charge in [-0.15, -0.1) is 0 Å². The predicted molar refractivity (Wildman–Crippen MR) is 117 cm³/mol. The highest BCUT2D eigenvalue weighted by Gasteiger charge is 2.11. The lowest BCUT2D eigenvalue weighted by Gasteiger charge is -2.25. The van der Waals surface area contributed by atoms with Crippen molar-refractivity contribution in [3.8, 4) is 0 Å². The first-order valence-corrected chi connectivity index (χ1v) is 9.78. The molecule has 158 valence electrons. The standard InChI is InChI=1S/C15H15NO2.C8H17NO2/c1-10-6-5-9-13(11(10)2)16-14-8-4-3-7-12(14)15(17)18;1-5-9(6-2)7(3)11-8(4)10/h3-9,16H,1-2H3,(H,17,18);7H,5-6H2,1-4H3. The number of nitrogens with zero attached hydrogens (tertiary/aromatic N) is 1. The van der Waals surface area contributed by atoms with Crippen molar-refractivity contribution in [1.29, 1.82) is 0 Å². The number of ether oxygens (including phenoxy) is 1. The summed E-state index contributed by atoms with van der Waals surface area (Å²) in [5.41, 5.74) is 4.12. The fourth-order valence-electron chi connectivity index (χ4n) is 2.86. The molecule has 1 unspecified atom stereocenters. The molecule has 29 heavy (non-hydrogen) atoms. The van der Waals surface area contributed by atoms with E-state index in [-0.39, 0.29) is 17.8 Å². The number of aromatic carboxylic acids is 1. The first kappa shape index (κ1) is 24.2. The van der Waals surface area contributed by atoms with Gasteiger partial charge in [-0.05, 0) is 63.2 Å². The summed E-state index contributed by atoms with van der Waals surface area (Å²) in [6, 6.07) is 12.8. The number of para-hydroxylation sites is 1. The van der Waals surface area contributed by atoms with Crippen LogP contribution in [0.3, 0.4) is 0 Å². The van der Waals surface area contributed by atoms with E-state index in [1.807, 2.05) is 58.9 Å². The number of benzene rings is 2. The third kappa shape index (κ3) is 7.58. The summed E-state index contributed by atoms with van der Waals surface area (Å²) in [4.78, 5) is 23.7. The Morgan fingerprint density at radius 2 is 1.62 bits per heavy atom. The van der Waals surface area contributed by atoms with Crippen LogP contribution in [0.5, 0.6) is 0 Å². The van der Waals surface area contributed by atoms with Crippen LogP contribution in [0.15, 0.2) is 42.5 Å². The molecular formula is C23H32N2O4. The lowest BCUT2D eigenvalue weighted by atomic mass is 10.1. The van der Waals surface area contributed by atoms with Crippen molar-refractivity contribution in [2.75, 3.05) is 18.4 Å². The monoisotopic (exact) mass is 400 g/mol. The number of aryl methyl sites for hydroxylation is 1. The van der Waals surface area contributed by atoms with E-state index in [0.717, 1.165) is 24.3 Å². The Balaban J connectivity index is 0.000000331. The van der Waals surface area contributed by atoms with Crippen molar-refractivity contribution in [2.24, 2.45) is 0 Å². The van der Waals surface area contributed by atoms with Gasteiger partial charge in [0.2, 0.25) is 0 Å². The Morgan fingerprint density at radius 3 is 2.17 bits per heavy atom. The molecule has 0 saturated carbocycles. The van der Waals surface area contributed by atoms with Crippen molar-refractivity contribution >= 4 is 23.3 Å². The van der Waals surface area contributed by atoms with Crippen molar-refractivity contribution < 1.29 is 19.4 Å². The van der Waals surface area contributed by atoms with Crippen LogP contribution in [0.2, 0.25) is 0 Å². The molecule has 0 fully saturated rings. The zero-order valence-corrected chi connectivity index (χ0v) is 18.2. The molecule has 0 bridgehead atoms. The molecule has 1 atom stereocenters. The molecule has 2 aromatic carbocycles. The van der Waals surface area contributed by atoms with E-state index in [0.29, 0.717) is 5.69 Å². The van der Waals surface area contributed by atoms with Crippen LogP contribution in [0.4, 0.5) is 11.4 Å². The minimum atomic E-state index is -0.927. The topological polar surface area (TPSA) is 78.9 Å². The van der Waals surface area contributed by atoms with Crippen LogP contribution in [0.1, 0.15) is 49.2 Å². The van der Waals surface area contributed by atoms with Gasteiger partial charge in [-0.25, -0.2) is 4.79 Å². The number of rotatable bonds is 7. The van der Waals surface area contributed by atoms with Crippen LogP contribution in [-0.2, 0) is 9.53 Å². The Labute approximate surface area is 173 Å². The number of carbonyl (C=O) groups excluding carboxylic acids is 1. The molecule has 0 heterocycles. The molecule has 2 aromatic rings. The number of carboxylic acid groups (broad SMARTS) is 1. The molecule has 0 amide bonds. The quantitative estimate of drug-likeness (QED) is 0.504. The van der Waals surface area contributed by atoms with E-state index in [1.54, 1.807) is 18.2 Å². The zero-order valence-electron chi connectivity index (χ0n) is 18.2. The average molecular weight is 401 g/mol. The summed E-state index contributed by atoms with van der Waals surface area (Å²) >= 11 is 0. The third-order valence-corrected chi connectivity index (χ3v) is 4.69. The van der Waals surface area contributed by atoms with Crippen LogP contribution in [-0.4, -0.2) is 41.3 Å². The summed E-state index contributed by atoms with van der Waals surface area (Å²) in [5.74, 6) is -1.15. The number of carboxylic acids is 1. The van der Waals surface area contributed by atoms with Gasteiger partial charge in [-0.3, -0.25) is 9.69 Å². The van der Waals surface area contributed by atoms with Crippen molar-refractivity contribution in [2.45, 2.75) is 47.8 Å². The molecule has 2 N–H and O–H groups in total. The van der Waals surface area contributed by atoms with Gasteiger partial charge in [0.15, 0.2) is 6.23 Å². The van der Waals surface area contributed by atoms with Crippen molar-refractivity contribution in [1.82, 2.24) is 4.90 Å². The molecule has 0 radical (unpaired) electrons. The maximum atomic E-state index is 11.1. The minimum Gasteiger partial charge on any atom is -0.478 e. The van der Waals surface area contributed by atoms with Gasteiger partial charge in [-0.1, -0.05) is 38.1 Å². The third-order valence-electron chi connectivity index (χ3n) is 4.69. The van der Waals surface area contributed by atoms with Crippen LogP contribution < -0.4 is 5.32 Å². The summed E-state index contributed by atoms with van der Waals surface area (Å²) in [6.45, 7) is 13.3. The molecule has 0 aromatic heterocycles. The Hall–Kier alpha value is -2.86. The molecule has 0 spiro atoms. The zero-order chi connectivity index (χ0) is 22.0. The maximum absolute atomic E-state index is 11.1. The Bertz CT molecular complexity index is 816. The van der Waals surface area contributed by atoms with Gasteiger partial charge in [-0.2, -0.15) is 0 Å². The van der Waals surface area contributed by atoms with E-state index in [2.05, 4.69) is 10.2 Å². The molecule has 0 aliphatic carbocycles. The van der Waals surface area contributed by atoms with Crippen molar-refractivity contribution in [3.05, 3.63) is 59.2 Å². The first-order chi connectivity index (χ1) is 13.7. The second kappa shape index (κ2) is 11.9. The normalized spacial score (nSPS) is 11.3. The molecular weight excluding hydrogens is 368 g/mol. The largest absolute Gasteiger partial charge is 0.478 e. The molecule has 2 rings (SSSR count). The van der Waals surface area contributed by atoms with E-state index in [4.69, 9.17) is 9.84 Å². The fraction of sp³-hybridized carbons (Fsp3) is 0.391. The highest BCUT2D eigenvalue weighted by atomic mass is 16.6. The molecule has 6 nitrogen and oxygen atoms in total. The average Bonchev–Trinajstić information content (AvgIpc) is 2.66. The number of carbonyl (C=O) groups is 2. The van der Waals surface area contributed by atoms with Gasteiger partial charge in [0, 0.05) is 12.6 Å². The number of hydrogen-bond donors (Lipinski definition) is 2. The van der Waals surface area contributed by atoms with Gasteiger partial charge in [0.05, 0.1) is 11.3 Å². The van der Waals surface area contributed by atoms with E-state index in [9.17, 15) is 9.59 Å². The van der Waals surface area contributed by atoms with Gasteiger partial charge in [0.1, 0.15) is 0 Å². The van der Waals surface area contributed by atoms with E-state index < -0.39 is 5.97 Å². The molecule has 0 aliphatic heterocycles. The number of anilines is 2. The van der Waals surface area contributed by atoms with Crippen molar-refractivity contribution in [3.63, 3.8) is 0 Å². The lowest BCUT2D eigenvalue weighted by Crippen LogP contribution is -2.35. The van der Waals surface area contributed by atoms with Gasteiger partial charge in [0.25, 0.3) is 0 Å². The molecule has 0 aliphatic rings. The second-order valence-corrected chi connectivity index (χ2v) is 6.65. The SMILES string of the molecule is CCN(CC)C(C)OC(C)=O.Cc1cccc(Nc2ccccc2C(=O)O)c1C. The van der Waals surface area contributed by atoms with Gasteiger partial charge >= 0.3 is 11.9 Å². The maximum Gasteiger partial charge on any atom is 0.337 e. The minimum absolute atomic E-state index is 0.0949. The predicted octanol–water partition coefficient (Wildman–Crippen LogP) is 4.98. The highest BCUT2D eigenvalue weighted by molar-refractivity contribution is 5.95. The van der Waals surface area contributed by atoms with Crippen LogP contribution >= 0.6 is 0 Å². The van der Waals surface area contributed by atoms with E-state index in [1.165, 1.54) is 12.5 Å². The summed E-state index contributed by atoms with van der Waals surface area (Å²) < 4.78 is 4.98. The highest BCUT2D eigenvalue weighted by Crippen LogP contribution is 2.25. The number of esters is 1. The number of nitrogens with one attached hydrogen (secondary N) is 1. The summed E-state index contributed by atoms with van der Waals surface area (Å²) in [7, 11) is 0. The van der Waals surface area contributed by atoms with Crippen LogP contribution in [0, 0.1) is 13.8 Å². The summed E-state index contributed by atoms with van der Waals surface area (Å²) in [5, 5.41) is 12.3. The smallest absolute Gasteiger partial charge is 0.337 e. The summed E-state index contributed by atoms with van der Waals surface area (Å²) in [6.07, 6.45) is -0.0949.